The number of rotatable bonds is 5. The highest BCUT2D eigenvalue weighted by atomic mass is 16.5. The van der Waals surface area contributed by atoms with Crippen molar-refractivity contribution in [2.45, 2.75) is 56.7 Å². The smallest absolute Gasteiger partial charge is 0.0858 e. The molecule has 1 N–H and O–H groups in total. The van der Waals surface area contributed by atoms with Crippen LogP contribution in [0.15, 0.2) is 24.3 Å². The van der Waals surface area contributed by atoms with Crippen LogP contribution in [0.4, 0.5) is 0 Å². The zero-order chi connectivity index (χ0) is 13.2. The number of hydrogen-bond acceptors (Lipinski definition) is 2. The first-order valence-corrected chi connectivity index (χ1v) is 7.58. The van der Waals surface area contributed by atoms with Crippen LogP contribution in [0, 0.1) is 5.92 Å². The van der Waals surface area contributed by atoms with Gasteiger partial charge in [-0.3, -0.25) is 0 Å². The minimum Gasteiger partial charge on any atom is -0.390 e. The van der Waals surface area contributed by atoms with Gasteiger partial charge < -0.3 is 9.84 Å². The van der Waals surface area contributed by atoms with Gasteiger partial charge in [0.15, 0.2) is 0 Å². The molecule has 1 saturated carbocycles. The van der Waals surface area contributed by atoms with Crippen LogP contribution in [0.3, 0.4) is 0 Å². The van der Waals surface area contributed by atoms with Gasteiger partial charge in [0.2, 0.25) is 0 Å². The maximum Gasteiger partial charge on any atom is 0.0858 e. The van der Waals surface area contributed by atoms with Crippen molar-refractivity contribution in [2.75, 3.05) is 7.11 Å². The molecule has 0 amide bonds. The Hall–Kier alpha value is -0.860. The monoisotopic (exact) mass is 260 g/mol. The third kappa shape index (κ3) is 2.85. The minimum atomic E-state index is -0.311. The highest BCUT2D eigenvalue weighted by Gasteiger charge is 2.37. The van der Waals surface area contributed by atoms with Crippen molar-refractivity contribution in [1.29, 1.82) is 0 Å². The fraction of sp³-hybridized carbons (Fsp3) is 0.647. The van der Waals surface area contributed by atoms with Crippen molar-refractivity contribution < 1.29 is 9.84 Å². The zero-order valence-electron chi connectivity index (χ0n) is 11.7. The topological polar surface area (TPSA) is 29.5 Å². The maximum atomic E-state index is 10.5. The van der Waals surface area contributed by atoms with Crippen LogP contribution in [-0.2, 0) is 11.2 Å². The maximum absolute atomic E-state index is 10.5. The van der Waals surface area contributed by atoms with Gasteiger partial charge in [0.25, 0.3) is 0 Å². The molecule has 19 heavy (non-hydrogen) atoms. The van der Waals surface area contributed by atoms with E-state index in [1.165, 1.54) is 43.2 Å². The average molecular weight is 260 g/mol. The number of aliphatic hydroxyl groups is 1. The van der Waals surface area contributed by atoms with Crippen molar-refractivity contribution in [2.24, 2.45) is 5.92 Å². The van der Waals surface area contributed by atoms with E-state index in [-0.39, 0.29) is 12.2 Å². The number of ether oxygens (including phenoxy) is 1. The third-order valence-electron chi connectivity index (χ3n) is 4.76. The molecule has 0 saturated heterocycles. The zero-order valence-corrected chi connectivity index (χ0v) is 11.7. The molecule has 0 aromatic heterocycles. The summed E-state index contributed by atoms with van der Waals surface area (Å²) in [4.78, 5) is 0. The number of fused-ring (bicyclic) bond motifs is 1. The van der Waals surface area contributed by atoms with Gasteiger partial charge in [0.1, 0.15) is 0 Å². The van der Waals surface area contributed by atoms with Gasteiger partial charge >= 0.3 is 0 Å². The lowest BCUT2D eigenvalue weighted by molar-refractivity contribution is -0.0314. The predicted octanol–water partition coefficient (Wildman–Crippen LogP) is 3.28. The summed E-state index contributed by atoms with van der Waals surface area (Å²) in [7, 11) is 1.74. The molecule has 2 aliphatic carbocycles. The second-order valence-corrected chi connectivity index (χ2v) is 6.13. The molecular formula is C17H24O2. The lowest BCUT2D eigenvalue weighted by Gasteiger charge is -2.30. The van der Waals surface area contributed by atoms with Gasteiger partial charge in [-0.05, 0) is 61.5 Å². The first kappa shape index (κ1) is 13.1. The lowest BCUT2D eigenvalue weighted by atomic mass is 9.79. The highest BCUT2D eigenvalue weighted by molar-refractivity contribution is 5.32. The van der Waals surface area contributed by atoms with Gasteiger partial charge in [-0.2, -0.15) is 0 Å². The van der Waals surface area contributed by atoms with E-state index in [2.05, 4.69) is 24.3 Å². The molecule has 2 aliphatic rings. The van der Waals surface area contributed by atoms with Gasteiger partial charge in [0, 0.05) is 7.11 Å². The van der Waals surface area contributed by atoms with Crippen LogP contribution in [-0.4, -0.2) is 24.4 Å². The van der Waals surface area contributed by atoms with Crippen LogP contribution in [0.5, 0.6) is 0 Å². The number of benzene rings is 1. The summed E-state index contributed by atoms with van der Waals surface area (Å²) in [6.07, 6.45) is 6.67. The predicted molar refractivity (Wildman–Crippen MR) is 76.3 cm³/mol. The van der Waals surface area contributed by atoms with Gasteiger partial charge in [-0.1, -0.05) is 24.3 Å². The summed E-state index contributed by atoms with van der Waals surface area (Å²) >= 11 is 0. The molecule has 2 nitrogen and oxygen atoms in total. The second kappa shape index (κ2) is 5.64. The van der Waals surface area contributed by atoms with Crippen LogP contribution < -0.4 is 0 Å². The van der Waals surface area contributed by atoms with Gasteiger partial charge in [-0.25, -0.2) is 0 Å². The van der Waals surface area contributed by atoms with Crippen molar-refractivity contribution in [1.82, 2.24) is 0 Å². The standard InChI is InChI=1S/C17H24O2/c1-19-17(13-9-10-13)16(18)11-14-7-4-6-12-5-2-3-8-15(12)14/h2-3,5,8,13-14,16-18H,4,6-7,9-11H2,1H3. The molecule has 3 atom stereocenters. The van der Waals surface area contributed by atoms with E-state index in [9.17, 15) is 5.11 Å². The van der Waals surface area contributed by atoms with Crippen LogP contribution in [0.25, 0.3) is 0 Å². The summed E-state index contributed by atoms with van der Waals surface area (Å²) < 4.78 is 5.52. The molecule has 2 heteroatoms. The van der Waals surface area contributed by atoms with E-state index in [0.717, 1.165) is 6.42 Å². The first-order chi connectivity index (χ1) is 9.29. The SMILES string of the molecule is COC(C(O)CC1CCCc2ccccc21)C1CC1. The molecule has 0 heterocycles. The molecule has 3 unspecified atom stereocenters. The Morgan fingerprint density at radius 1 is 1.26 bits per heavy atom. The molecule has 104 valence electrons. The first-order valence-electron chi connectivity index (χ1n) is 7.58. The molecule has 1 fully saturated rings. The fourth-order valence-corrected chi connectivity index (χ4v) is 3.61. The van der Waals surface area contributed by atoms with Crippen LogP contribution >= 0.6 is 0 Å². The number of hydrogen-bond donors (Lipinski definition) is 1. The Morgan fingerprint density at radius 2 is 2.05 bits per heavy atom. The quantitative estimate of drug-likeness (QED) is 0.880. The van der Waals surface area contributed by atoms with Gasteiger partial charge in [-0.15, -0.1) is 0 Å². The summed E-state index contributed by atoms with van der Waals surface area (Å²) in [6.45, 7) is 0. The lowest BCUT2D eigenvalue weighted by Crippen LogP contribution is -2.32. The largest absolute Gasteiger partial charge is 0.390 e. The Kier molecular flexibility index (Phi) is 3.90. The fourth-order valence-electron chi connectivity index (χ4n) is 3.61. The molecule has 3 rings (SSSR count). The number of aryl methyl sites for hydroxylation is 1. The summed E-state index contributed by atoms with van der Waals surface area (Å²) in [5.74, 6) is 1.11. The van der Waals surface area contributed by atoms with E-state index in [1.54, 1.807) is 7.11 Å². The summed E-state index contributed by atoms with van der Waals surface area (Å²) in [5, 5.41) is 10.5. The average Bonchev–Trinajstić information content (AvgIpc) is 3.25. The minimum absolute atomic E-state index is 0.0501. The molecule has 0 aliphatic heterocycles. The summed E-state index contributed by atoms with van der Waals surface area (Å²) in [6, 6.07) is 8.73. The third-order valence-corrected chi connectivity index (χ3v) is 4.76. The number of aliphatic hydroxyl groups excluding tert-OH is 1. The Balaban J connectivity index is 1.70. The second-order valence-electron chi connectivity index (χ2n) is 6.13. The molecule has 0 bridgehead atoms. The highest BCUT2D eigenvalue weighted by Crippen LogP contribution is 2.40. The summed E-state index contributed by atoms with van der Waals surface area (Å²) in [5.41, 5.74) is 2.93. The Morgan fingerprint density at radius 3 is 2.79 bits per heavy atom. The molecule has 0 radical (unpaired) electrons. The van der Waals surface area contributed by atoms with Crippen LogP contribution in [0.2, 0.25) is 0 Å². The molecule has 0 spiro atoms. The van der Waals surface area contributed by atoms with E-state index in [4.69, 9.17) is 4.74 Å². The van der Waals surface area contributed by atoms with Crippen molar-refractivity contribution in [3.05, 3.63) is 35.4 Å². The van der Waals surface area contributed by atoms with Gasteiger partial charge in [0.05, 0.1) is 12.2 Å². The van der Waals surface area contributed by atoms with E-state index >= 15 is 0 Å². The molecule has 1 aromatic rings. The van der Waals surface area contributed by atoms with E-state index < -0.39 is 0 Å². The van der Waals surface area contributed by atoms with Crippen molar-refractivity contribution in [3.63, 3.8) is 0 Å². The number of methoxy groups -OCH3 is 1. The normalized spacial score (nSPS) is 25.7. The Labute approximate surface area is 115 Å². The van der Waals surface area contributed by atoms with Crippen molar-refractivity contribution in [3.8, 4) is 0 Å². The van der Waals surface area contributed by atoms with E-state index in [0.29, 0.717) is 11.8 Å². The molecule has 1 aromatic carbocycles. The van der Waals surface area contributed by atoms with Crippen molar-refractivity contribution >= 4 is 0 Å². The van der Waals surface area contributed by atoms with E-state index in [1.807, 2.05) is 0 Å². The van der Waals surface area contributed by atoms with Crippen LogP contribution in [0.1, 0.15) is 49.1 Å². The molecular weight excluding hydrogens is 236 g/mol. The Bertz CT molecular complexity index is 425.